The predicted molar refractivity (Wildman–Crippen MR) is 81.3 cm³/mol. The Kier molecular flexibility index (Phi) is 5.03. The number of carbonyl (C=O) groups excluding carboxylic acids is 2. The summed E-state index contributed by atoms with van der Waals surface area (Å²) < 4.78 is 0. The molecule has 1 aliphatic heterocycles. The van der Waals surface area contributed by atoms with Gasteiger partial charge < -0.3 is 21.3 Å². The molecule has 1 saturated heterocycles. The van der Waals surface area contributed by atoms with Crippen LogP contribution in [0.5, 0.6) is 0 Å². The molecule has 1 aliphatic rings. The molecule has 6 nitrogen and oxygen atoms in total. The summed E-state index contributed by atoms with van der Waals surface area (Å²) in [4.78, 5) is 27.1. The van der Waals surface area contributed by atoms with Gasteiger partial charge in [0.05, 0.1) is 0 Å². The van der Waals surface area contributed by atoms with Crippen LogP contribution in [0.25, 0.3) is 0 Å². The van der Waals surface area contributed by atoms with E-state index in [1.165, 1.54) is 4.90 Å². The molecule has 0 aliphatic carbocycles. The molecule has 6 heteroatoms. The molecule has 0 atom stereocenters. The number of amides is 3. The first-order valence-corrected chi connectivity index (χ1v) is 7.23. The number of piperidine rings is 1. The largest absolute Gasteiger partial charge is 0.399 e. The van der Waals surface area contributed by atoms with E-state index in [1.807, 2.05) is 12.1 Å². The fourth-order valence-electron chi connectivity index (χ4n) is 2.51. The van der Waals surface area contributed by atoms with Gasteiger partial charge in [0.2, 0.25) is 5.91 Å². The highest BCUT2D eigenvalue weighted by molar-refractivity contribution is 5.83. The van der Waals surface area contributed by atoms with E-state index in [2.05, 4.69) is 0 Å². The van der Waals surface area contributed by atoms with Gasteiger partial charge in [0, 0.05) is 25.3 Å². The summed E-state index contributed by atoms with van der Waals surface area (Å²) in [5.41, 5.74) is 12.5. The molecule has 0 spiro atoms. The number of nitrogens with two attached hydrogens (primary N) is 2. The van der Waals surface area contributed by atoms with E-state index in [1.54, 1.807) is 17.0 Å². The van der Waals surface area contributed by atoms with Gasteiger partial charge in [-0.3, -0.25) is 4.79 Å². The number of hydrogen-bond acceptors (Lipinski definition) is 3. The number of benzene rings is 1. The molecule has 0 saturated carbocycles. The molecule has 0 aromatic heterocycles. The summed E-state index contributed by atoms with van der Waals surface area (Å²) in [6.07, 6.45) is 3.17. The van der Waals surface area contributed by atoms with E-state index >= 15 is 0 Å². The number of likely N-dealkylation sites (tertiary alicyclic amines) is 1. The summed E-state index contributed by atoms with van der Waals surface area (Å²) >= 11 is 0. The minimum absolute atomic E-state index is 0.0697. The Bertz CT molecular complexity index is 495. The Morgan fingerprint density at radius 1 is 1.10 bits per heavy atom. The van der Waals surface area contributed by atoms with Crippen molar-refractivity contribution in [3.63, 3.8) is 0 Å². The first kappa shape index (κ1) is 15.2. The molecule has 4 N–H and O–H groups in total. The average Bonchev–Trinajstić information content (AvgIpc) is 2.48. The summed E-state index contributed by atoms with van der Waals surface area (Å²) in [6.45, 7) is 1.78. The number of nitrogen functional groups attached to an aromatic ring is 1. The van der Waals surface area contributed by atoms with E-state index in [0.29, 0.717) is 12.2 Å². The highest BCUT2D eigenvalue weighted by atomic mass is 16.2. The molecule has 1 heterocycles. The third-order valence-electron chi connectivity index (χ3n) is 3.60. The molecule has 0 bridgehead atoms. The zero-order chi connectivity index (χ0) is 15.2. The molecular formula is C15H22N4O2. The van der Waals surface area contributed by atoms with Crippen molar-refractivity contribution in [3.8, 4) is 0 Å². The van der Waals surface area contributed by atoms with Crippen molar-refractivity contribution in [2.75, 3.05) is 25.4 Å². The average molecular weight is 290 g/mol. The number of hydrogen-bond donors (Lipinski definition) is 2. The van der Waals surface area contributed by atoms with Crippen molar-refractivity contribution in [1.29, 1.82) is 0 Å². The first-order valence-electron chi connectivity index (χ1n) is 7.23. The summed E-state index contributed by atoms with van der Waals surface area (Å²) in [7, 11) is 0. The van der Waals surface area contributed by atoms with E-state index in [4.69, 9.17) is 11.5 Å². The number of nitrogens with zero attached hydrogens (tertiary/aromatic N) is 2. The van der Waals surface area contributed by atoms with Gasteiger partial charge in [0.25, 0.3) is 0 Å². The van der Waals surface area contributed by atoms with Crippen LogP contribution in [-0.2, 0) is 11.3 Å². The number of anilines is 1. The lowest BCUT2D eigenvalue weighted by molar-refractivity contribution is -0.118. The third-order valence-corrected chi connectivity index (χ3v) is 3.60. The Labute approximate surface area is 124 Å². The number of primary amides is 1. The van der Waals surface area contributed by atoms with Crippen LogP contribution in [0, 0.1) is 0 Å². The van der Waals surface area contributed by atoms with Crippen molar-refractivity contribution in [1.82, 2.24) is 9.80 Å². The fraction of sp³-hybridized carbons (Fsp3) is 0.467. The quantitative estimate of drug-likeness (QED) is 0.815. The normalized spacial score (nSPS) is 14.8. The van der Waals surface area contributed by atoms with Crippen LogP contribution in [-0.4, -0.2) is 41.4 Å². The molecule has 1 fully saturated rings. The minimum Gasteiger partial charge on any atom is -0.399 e. The molecule has 2 rings (SSSR count). The Balaban J connectivity index is 2.07. The summed E-state index contributed by atoms with van der Waals surface area (Å²) in [6, 6.07) is 7.15. The van der Waals surface area contributed by atoms with Gasteiger partial charge in [-0.2, -0.15) is 0 Å². The third kappa shape index (κ3) is 4.37. The minimum atomic E-state index is -0.504. The molecule has 0 unspecified atom stereocenters. The van der Waals surface area contributed by atoms with E-state index in [0.717, 1.165) is 37.9 Å². The van der Waals surface area contributed by atoms with Crippen LogP contribution in [0.4, 0.5) is 10.5 Å². The monoisotopic (exact) mass is 290 g/mol. The lowest BCUT2D eigenvalue weighted by atomic mass is 10.1. The second-order valence-corrected chi connectivity index (χ2v) is 5.39. The van der Waals surface area contributed by atoms with Crippen LogP contribution < -0.4 is 11.5 Å². The van der Waals surface area contributed by atoms with Gasteiger partial charge in [0.1, 0.15) is 6.54 Å². The fourth-order valence-corrected chi connectivity index (χ4v) is 2.51. The SMILES string of the molecule is NC(=O)CN(Cc1ccc(N)cc1)C(=O)N1CCCCC1. The molecule has 1 aromatic carbocycles. The summed E-state index contributed by atoms with van der Waals surface area (Å²) in [5.74, 6) is -0.504. The number of rotatable bonds is 4. The molecule has 3 amide bonds. The molecule has 114 valence electrons. The molecular weight excluding hydrogens is 268 g/mol. The van der Waals surface area contributed by atoms with Gasteiger partial charge in [-0.25, -0.2) is 4.79 Å². The van der Waals surface area contributed by atoms with Crippen molar-refractivity contribution in [2.24, 2.45) is 5.73 Å². The second-order valence-electron chi connectivity index (χ2n) is 5.39. The van der Waals surface area contributed by atoms with Crippen molar-refractivity contribution in [3.05, 3.63) is 29.8 Å². The lowest BCUT2D eigenvalue weighted by Gasteiger charge is -2.32. The van der Waals surface area contributed by atoms with Gasteiger partial charge >= 0.3 is 6.03 Å². The predicted octanol–water partition coefficient (Wildman–Crippen LogP) is 1.16. The van der Waals surface area contributed by atoms with Crippen molar-refractivity contribution >= 4 is 17.6 Å². The molecule has 1 aromatic rings. The molecule has 21 heavy (non-hydrogen) atoms. The zero-order valence-corrected chi connectivity index (χ0v) is 12.1. The van der Waals surface area contributed by atoms with Crippen LogP contribution >= 0.6 is 0 Å². The summed E-state index contributed by atoms with van der Waals surface area (Å²) in [5, 5.41) is 0. The van der Waals surface area contributed by atoms with Crippen LogP contribution in [0.15, 0.2) is 24.3 Å². The van der Waals surface area contributed by atoms with Gasteiger partial charge in [-0.05, 0) is 37.0 Å². The number of urea groups is 1. The maximum Gasteiger partial charge on any atom is 0.320 e. The lowest BCUT2D eigenvalue weighted by Crippen LogP contribution is -2.47. The van der Waals surface area contributed by atoms with Crippen LogP contribution in [0.1, 0.15) is 24.8 Å². The van der Waals surface area contributed by atoms with E-state index < -0.39 is 5.91 Å². The van der Waals surface area contributed by atoms with Crippen molar-refractivity contribution < 1.29 is 9.59 Å². The standard InChI is InChI=1S/C15H22N4O2/c16-13-6-4-12(5-7-13)10-19(11-14(17)20)15(21)18-8-2-1-3-9-18/h4-7H,1-3,8-11,16H2,(H2,17,20). The maximum atomic E-state index is 12.5. The smallest absolute Gasteiger partial charge is 0.320 e. The van der Waals surface area contributed by atoms with Crippen LogP contribution in [0.2, 0.25) is 0 Å². The van der Waals surface area contributed by atoms with Crippen LogP contribution in [0.3, 0.4) is 0 Å². The van der Waals surface area contributed by atoms with Gasteiger partial charge in [-0.15, -0.1) is 0 Å². The van der Waals surface area contributed by atoms with E-state index in [-0.39, 0.29) is 12.6 Å². The highest BCUT2D eigenvalue weighted by Gasteiger charge is 2.23. The Morgan fingerprint density at radius 2 is 1.71 bits per heavy atom. The maximum absolute atomic E-state index is 12.5. The van der Waals surface area contributed by atoms with E-state index in [9.17, 15) is 9.59 Å². The van der Waals surface area contributed by atoms with Crippen molar-refractivity contribution in [2.45, 2.75) is 25.8 Å². The van der Waals surface area contributed by atoms with Gasteiger partial charge in [0.15, 0.2) is 0 Å². The Morgan fingerprint density at radius 3 is 2.29 bits per heavy atom. The highest BCUT2D eigenvalue weighted by Crippen LogP contribution is 2.14. The Hall–Kier alpha value is -2.24. The van der Waals surface area contributed by atoms with Gasteiger partial charge in [-0.1, -0.05) is 12.1 Å². The molecule has 0 radical (unpaired) electrons. The number of carbonyl (C=O) groups is 2. The first-order chi connectivity index (χ1) is 10.1. The second kappa shape index (κ2) is 6.97. The topological polar surface area (TPSA) is 92.7 Å². The zero-order valence-electron chi connectivity index (χ0n) is 12.1.